The molecular formula is C20H19BrN2O6S. The summed E-state index contributed by atoms with van der Waals surface area (Å²) >= 11 is 3.37. The van der Waals surface area contributed by atoms with Gasteiger partial charge in [0.25, 0.3) is 5.69 Å². The highest BCUT2D eigenvalue weighted by atomic mass is 79.9. The number of non-ortho nitro benzene ring substituents is 1. The summed E-state index contributed by atoms with van der Waals surface area (Å²) in [6.45, 7) is 1.71. The van der Waals surface area contributed by atoms with Gasteiger partial charge in [0, 0.05) is 28.7 Å². The van der Waals surface area contributed by atoms with E-state index in [1.807, 2.05) is 24.3 Å². The maximum absolute atomic E-state index is 13.4. The van der Waals surface area contributed by atoms with Crippen LogP contribution in [-0.2, 0) is 19.6 Å². The van der Waals surface area contributed by atoms with E-state index < -0.39 is 27.0 Å². The SMILES string of the molecule is CCOC(=O)C1=CC[C@H](c2ccc(Br)cc2)N(S(=O)(=O)c2ccc([N+](=O)[O-])cc2)C1. The molecule has 0 radical (unpaired) electrons. The Kier molecular flexibility index (Phi) is 6.69. The highest BCUT2D eigenvalue weighted by Gasteiger charge is 2.37. The molecular weight excluding hydrogens is 476 g/mol. The lowest BCUT2D eigenvalue weighted by molar-refractivity contribution is -0.384. The van der Waals surface area contributed by atoms with Crippen molar-refractivity contribution in [3.8, 4) is 0 Å². The number of hydrogen-bond donors (Lipinski definition) is 0. The van der Waals surface area contributed by atoms with Gasteiger partial charge in [-0.2, -0.15) is 4.31 Å². The Balaban J connectivity index is 2.02. The van der Waals surface area contributed by atoms with Crippen molar-refractivity contribution >= 4 is 37.6 Å². The molecule has 0 aliphatic carbocycles. The van der Waals surface area contributed by atoms with E-state index in [4.69, 9.17) is 4.74 Å². The predicted octanol–water partition coefficient (Wildman–Crippen LogP) is 3.98. The van der Waals surface area contributed by atoms with Crippen molar-refractivity contribution in [1.82, 2.24) is 4.31 Å². The lowest BCUT2D eigenvalue weighted by Crippen LogP contribution is -2.40. The first-order valence-electron chi connectivity index (χ1n) is 9.12. The summed E-state index contributed by atoms with van der Waals surface area (Å²) < 4.78 is 34.0. The quantitative estimate of drug-likeness (QED) is 0.341. The van der Waals surface area contributed by atoms with Crippen LogP contribution in [-0.4, -0.2) is 36.8 Å². The molecule has 30 heavy (non-hydrogen) atoms. The molecule has 1 heterocycles. The summed E-state index contributed by atoms with van der Waals surface area (Å²) in [5, 5.41) is 10.9. The number of hydrogen-bond acceptors (Lipinski definition) is 6. The van der Waals surface area contributed by atoms with Gasteiger partial charge in [0.2, 0.25) is 10.0 Å². The molecule has 0 saturated heterocycles. The van der Waals surface area contributed by atoms with Gasteiger partial charge < -0.3 is 4.74 Å². The van der Waals surface area contributed by atoms with E-state index in [-0.39, 0.29) is 29.3 Å². The average molecular weight is 495 g/mol. The molecule has 2 aromatic rings. The molecule has 0 aromatic heterocycles. The minimum atomic E-state index is -4.04. The van der Waals surface area contributed by atoms with Gasteiger partial charge in [0.15, 0.2) is 0 Å². The van der Waals surface area contributed by atoms with Gasteiger partial charge in [0.05, 0.1) is 22.5 Å². The van der Waals surface area contributed by atoms with E-state index in [0.29, 0.717) is 6.42 Å². The Morgan fingerprint density at radius 2 is 1.83 bits per heavy atom. The van der Waals surface area contributed by atoms with Crippen LogP contribution in [0.25, 0.3) is 0 Å². The van der Waals surface area contributed by atoms with Crippen LogP contribution in [0.4, 0.5) is 5.69 Å². The van der Waals surface area contributed by atoms with Gasteiger partial charge in [-0.15, -0.1) is 0 Å². The van der Waals surface area contributed by atoms with E-state index >= 15 is 0 Å². The monoisotopic (exact) mass is 494 g/mol. The minimum absolute atomic E-state index is 0.0830. The van der Waals surface area contributed by atoms with Gasteiger partial charge in [-0.3, -0.25) is 10.1 Å². The number of nitro groups is 1. The van der Waals surface area contributed by atoms with Crippen LogP contribution in [0.1, 0.15) is 24.9 Å². The second-order valence-electron chi connectivity index (χ2n) is 6.55. The molecule has 3 rings (SSSR count). The predicted molar refractivity (Wildman–Crippen MR) is 113 cm³/mol. The number of carbonyl (C=O) groups is 1. The highest BCUT2D eigenvalue weighted by Crippen LogP contribution is 2.36. The number of sulfonamides is 1. The smallest absolute Gasteiger partial charge is 0.335 e. The van der Waals surface area contributed by atoms with Gasteiger partial charge in [-0.05, 0) is 43.2 Å². The van der Waals surface area contributed by atoms with Crippen LogP contribution in [0, 0.1) is 10.1 Å². The van der Waals surface area contributed by atoms with E-state index in [0.717, 1.165) is 22.2 Å². The molecule has 1 aliphatic heterocycles. The lowest BCUT2D eigenvalue weighted by atomic mass is 9.98. The third-order valence-corrected chi connectivity index (χ3v) is 7.11. The standard InChI is InChI=1S/C20H19BrN2O6S/c1-2-29-20(24)15-5-12-19(14-3-6-16(21)7-4-14)22(13-15)30(27,28)18-10-8-17(9-11-18)23(25)26/h3-11,19H,2,12-13H2,1H3/t19-/m1/s1. The fraction of sp³-hybridized carbons (Fsp3) is 0.250. The van der Waals surface area contributed by atoms with Gasteiger partial charge >= 0.3 is 5.97 Å². The van der Waals surface area contributed by atoms with Crippen LogP contribution in [0.3, 0.4) is 0 Å². The summed E-state index contributed by atoms with van der Waals surface area (Å²) in [7, 11) is -4.04. The summed E-state index contributed by atoms with van der Waals surface area (Å²) in [6, 6.07) is 11.4. The largest absolute Gasteiger partial charge is 0.463 e. The molecule has 10 heteroatoms. The molecule has 0 saturated carbocycles. The second kappa shape index (κ2) is 9.07. The number of benzene rings is 2. The molecule has 8 nitrogen and oxygen atoms in total. The minimum Gasteiger partial charge on any atom is -0.463 e. The first kappa shape index (κ1) is 22.1. The second-order valence-corrected chi connectivity index (χ2v) is 9.36. The topological polar surface area (TPSA) is 107 Å². The Labute approximate surface area is 182 Å². The zero-order valence-electron chi connectivity index (χ0n) is 16.0. The van der Waals surface area contributed by atoms with Gasteiger partial charge in [-0.25, -0.2) is 13.2 Å². The Bertz CT molecular complexity index is 1080. The zero-order chi connectivity index (χ0) is 21.9. The molecule has 1 atom stereocenters. The number of nitro benzene ring substituents is 1. The number of carbonyl (C=O) groups excluding carboxylic acids is 1. The number of ether oxygens (including phenoxy) is 1. The molecule has 0 unspecified atom stereocenters. The van der Waals surface area contributed by atoms with Gasteiger partial charge in [0.1, 0.15) is 0 Å². The van der Waals surface area contributed by atoms with Crippen LogP contribution in [0.5, 0.6) is 0 Å². The lowest BCUT2D eigenvalue weighted by Gasteiger charge is -2.34. The number of nitrogens with zero attached hydrogens (tertiary/aromatic N) is 2. The third-order valence-electron chi connectivity index (χ3n) is 4.71. The number of halogens is 1. The van der Waals surface area contributed by atoms with Crippen molar-refractivity contribution in [2.75, 3.05) is 13.2 Å². The van der Waals surface area contributed by atoms with Crippen molar-refractivity contribution in [2.45, 2.75) is 24.3 Å². The van der Waals surface area contributed by atoms with E-state index in [2.05, 4.69) is 15.9 Å². The fourth-order valence-electron chi connectivity index (χ4n) is 3.20. The summed E-state index contributed by atoms with van der Waals surface area (Å²) in [4.78, 5) is 22.4. The number of esters is 1. The summed E-state index contributed by atoms with van der Waals surface area (Å²) in [6.07, 6.45) is 1.99. The Hall–Kier alpha value is -2.56. The van der Waals surface area contributed by atoms with Crippen molar-refractivity contribution in [1.29, 1.82) is 0 Å². The first-order chi connectivity index (χ1) is 14.2. The maximum Gasteiger partial charge on any atom is 0.335 e. The van der Waals surface area contributed by atoms with Gasteiger partial charge in [-0.1, -0.05) is 34.1 Å². The molecule has 1 aliphatic rings. The molecule has 0 amide bonds. The van der Waals surface area contributed by atoms with E-state index in [1.165, 1.54) is 16.4 Å². The average Bonchev–Trinajstić information content (AvgIpc) is 2.74. The fourth-order valence-corrected chi connectivity index (χ4v) is 5.07. The van der Waals surface area contributed by atoms with Crippen molar-refractivity contribution < 1.29 is 22.9 Å². The Morgan fingerprint density at radius 1 is 1.20 bits per heavy atom. The third kappa shape index (κ3) is 4.61. The molecule has 158 valence electrons. The molecule has 0 bridgehead atoms. The number of rotatable bonds is 6. The van der Waals surface area contributed by atoms with E-state index in [1.54, 1.807) is 13.0 Å². The highest BCUT2D eigenvalue weighted by molar-refractivity contribution is 9.10. The van der Waals surface area contributed by atoms with E-state index in [9.17, 15) is 23.3 Å². The van der Waals surface area contributed by atoms with Crippen molar-refractivity contribution in [2.24, 2.45) is 0 Å². The van der Waals surface area contributed by atoms with Crippen molar-refractivity contribution in [3.05, 3.63) is 80.3 Å². The zero-order valence-corrected chi connectivity index (χ0v) is 18.4. The molecule has 2 aromatic carbocycles. The van der Waals surface area contributed by atoms with Crippen molar-refractivity contribution in [3.63, 3.8) is 0 Å². The van der Waals surface area contributed by atoms with Crippen LogP contribution < -0.4 is 0 Å². The normalized spacial score (nSPS) is 17.3. The van der Waals surface area contributed by atoms with Crippen LogP contribution >= 0.6 is 15.9 Å². The summed E-state index contributed by atoms with van der Waals surface area (Å²) in [5.74, 6) is -0.560. The molecule has 0 N–H and O–H groups in total. The van der Waals surface area contributed by atoms with Crippen LogP contribution in [0.2, 0.25) is 0 Å². The summed E-state index contributed by atoms with van der Waals surface area (Å²) in [5.41, 5.74) is 0.822. The van der Waals surface area contributed by atoms with Crippen LogP contribution in [0.15, 0.2) is 69.5 Å². The first-order valence-corrected chi connectivity index (χ1v) is 11.3. The maximum atomic E-state index is 13.4. The molecule has 0 fully saturated rings. The Morgan fingerprint density at radius 3 is 2.40 bits per heavy atom. The molecule has 0 spiro atoms.